The van der Waals surface area contributed by atoms with E-state index in [9.17, 15) is 14.0 Å². The average molecular weight is 365 g/mol. The molecular formula is C21H20FN3O2. The first kappa shape index (κ1) is 17.4. The molecule has 2 amide bonds. The summed E-state index contributed by atoms with van der Waals surface area (Å²) in [5.41, 5.74) is 3.44. The quantitative estimate of drug-likeness (QED) is 0.894. The van der Waals surface area contributed by atoms with Crippen molar-refractivity contribution in [3.05, 3.63) is 53.8 Å². The molecule has 2 aliphatic rings. The van der Waals surface area contributed by atoms with Crippen LogP contribution in [0.1, 0.15) is 24.8 Å². The largest absolute Gasteiger partial charge is 0.324 e. The fraction of sp³-hybridized carbons (Fsp3) is 0.286. The molecule has 1 fully saturated rings. The number of amides is 2. The molecule has 0 bridgehead atoms. The first-order valence-electron chi connectivity index (χ1n) is 9.07. The molecule has 5 nitrogen and oxygen atoms in total. The van der Waals surface area contributed by atoms with E-state index in [1.807, 2.05) is 24.3 Å². The van der Waals surface area contributed by atoms with Gasteiger partial charge in [0.2, 0.25) is 11.8 Å². The van der Waals surface area contributed by atoms with Gasteiger partial charge in [-0.15, -0.1) is 0 Å². The Hall–Kier alpha value is -3.02. The third kappa shape index (κ3) is 3.35. The van der Waals surface area contributed by atoms with E-state index in [-0.39, 0.29) is 30.1 Å². The molecule has 0 radical (unpaired) electrons. The van der Waals surface area contributed by atoms with Gasteiger partial charge in [0.25, 0.3) is 0 Å². The van der Waals surface area contributed by atoms with E-state index >= 15 is 0 Å². The average Bonchev–Trinajstić information content (AvgIpc) is 3.06. The molecule has 2 aromatic carbocycles. The number of nitrogens with one attached hydrogen (secondary N) is 1. The summed E-state index contributed by atoms with van der Waals surface area (Å²) in [6.07, 6.45) is 2.52. The lowest BCUT2D eigenvalue weighted by Crippen LogP contribution is -2.41. The molecule has 1 aliphatic carbocycles. The number of fused-ring (bicyclic) bond motifs is 2. The molecule has 1 aliphatic heterocycles. The molecule has 138 valence electrons. The molecule has 0 aromatic heterocycles. The highest BCUT2D eigenvalue weighted by molar-refractivity contribution is 6.16. The van der Waals surface area contributed by atoms with Gasteiger partial charge in [-0.25, -0.2) is 4.39 Å². The number of hydrogen-bond acceptors (Lipinski definition) is 3. The minimum absolute atomic E-state index is 0.0813. The molecule has 0 spiro atoms. The number of rotatable bonds is 3. The van der Waals surface area contributed by atoms with Gasteiger partial charge in [-0.05, 0) is 62.1 Å². The number of carbonyl (C=O) groups excluding carboxylic acids is 2. The Kier molecular flexibility index (Phi) is 4.48. The van der Waals surface area contributed by atoms with Crippen LogP contribution in [-0.2, 0) is 9.59 Å². The van der Waals surface area contributed by atoms with Crippen LogP contribution in [0.3, 0.4) is 0 Å². The highest BCUT2D eigenvalue weighted by atomic mass is 19.1. The summed E-state index contributed by atoms with van der Waals surface area (Å²) in [5, 5.41) is 2.78. The minimum atomic E-state index is -0.354. The predicted molar refractivity (Wildman–Crippen MR) is 103 cm³/mol. The van der Waals surface area contributed by atoms with E-state index in [1.165, 1.54) is 23.1 Å². The number of benzene rings is 2. The van der Waals surface area contributed by atoms with Gasteiger partial charge in [0.1, 0.15) is 12.4 Å². The van der Waals surface area contributed by atoms with E-state index in [2.05, 4.69) is 5.32 Å². The van der Waals surface area contributed by atoms with Crippen LogP contribution < -0.4 is 10.2 Å². The standard InChI is InChI=1S/C21H20FN3O2/c1-13-11-14(22)9-10-16(13)24-20(26)12-25-19-8-3-2-6-18(19)23-17-7-4-5-15(17)21(25)27/h2-3,6,8-11,15H,4-5,7,12H2,1H3,(H,24,26). The molecule has 1 N–H and O–H groups in total. The van der Waals surface area contributed by atoms with Crippen LogP contribution in [0.25, 0.3) is 0 Å². The number of nitrogens with zero attached hydrogens (tertiary/aromatic N) is 2. The van der Waals surface area contributed by atoms with Crippen LogP contribution >= 0.6 is 0 Å². The van der Waals surface area contributed by atoms with Gasteiger partial charge in [0.05, 0.1) is 17.3 Å². The number of para-hydroxylation sites is 2. The van der Waals surface area contributed by atoms with Crippen molar-refractivity contribution in [1.82, 2.24) is 0 Å². The number of halogens is 1. The van der Waals surface area contributed by atoms with E-state index in [1.54, 1.807) is 6.92 Å². The van der Waals surface area contributed by atoms with Gasteiger partial charge < -0.3 is 10.2 Å². The molecule has 6 heteroatoms. The monoisotopic (exact) mass is 365 g/mol. The van der Waals surface area contributed by atoms with Crippen LogP contribution in [0.5, 0.6) is 0 Å². The molecule has 1 unspecified atom stereocenters. The summed E-state index contributed by atoms with van der Waals surface area (Å²) in [6, 6.07) is 11.6. The Morgan fingerprint density at radius 2 is 2.11 bits per heavy atom. The van der Waals surface area contributed by atoms with Gasteiger partial charge in [-0.1, -0.05) is 12.1 Å². The summed E-state index contributed by atoms with van der Waals surface area (Å²) in [4.78, 5) is 32.0. The van der Waals surface area contributed by atoms with E-state index < -0.39 is 0 Å². The zero-order valence-corrected chi connectivity index (χ0v) is 15.0. The number of carbonyl (C=O) groups is 2. The maximum Gasteiger partial charge on any atom is 0.244 e. The maximum atomic E-state index is 13.3. The van der Waals surface area contributed by atoms with Crippen LogP contribution in [0.2, 0.25) is 0 Å². The van der Waals surface area contributed by atoms with Crippen molar-refractivity contribution in [2.24, 2.45) is 10.9 Å². The summed E-state index contributed by atoms with van der Waals surface area (Å²) < 4.78 is 13.3. The molecular weight excluding hydrogens is 345 g/mol. The maximum absolute atomic E-state index is 13.3. The molecule has 1 heterocycles. The highest BCUT2D eigenvalue weighted by Crippen LogP contribution is 2.37. The Morgan fingerprint density at radius 3 is 2.93 bits per heavy atom. The number of aliphatic imine (C=N–C) groups is 1. The fourth-order valence-electron chi connectivity index (χ4n) is 3.74. The third-order valence-electron chi connectivity index (χ3n) is 5.09. The minimum Gasteiger partial charge on any atom is -0.324 e. The molecule has 2 aromatic rings. The SMILES string of the molecule is Cc1cc(F)ccc1NC(=O)CN1C(=O)C2CCCC2=Nc2ccccc21. The lowest BCUT2D eigenvalue weighted by Gasteiger charge is -2.24. The number of hydrogen-bond donors (Lipinski definition) is 1. The predicted octanol–water partition coefficient (Wildman–Crippen LogP) is 3.99. The normalized spacial score (nSPS) is 18.4. The van der Waals surface area contributed by atoms with Crippen molar-refractivity contribution in [2.75, 3.05) is 16.8 Å². The summed E-state index contributed by atoms with van der Waals surface area (Å²) >= 11 is 0. The Balaban J connectivity index is 1.61. The van der Waals surface area contributed by atoms with Crippen LogP contribution in [-0.4, -0.2) is 24.1 Å². The topological polar surface area (TPSA) is 61.8 Å². The first-order chi connectivity index (χ1) is 13.0. The zero-order valence-electron chi connectivity index (χ0n) is 15.0. The van der Waals surface area contributed by atoms with Crippen LogP contribution in [0.4, 0.5) is 21.5 Å². The van der Waals surface area contributed by atoms with Crippen molar-refractivity contribution in [2.45, 2.75) is 26.2 Å². The van der Waals surface area contributed by atoms with Gasteiger partial charge in [-0.3, -0.25) is 14.6 Å². The summed E-state index contributed by atoms with van der Waals surface area (Å²) in [7, 11) is 0. The second-order valence-electron chi connectivity index (χ2n) is 6.97. The Morgan fingerprint density at radius 1 is 1.30 bits per heavy atom. The van der Waals surface area contributed by atoms with Gasteiger partial charge >= 0.3 is 0 Å². The van der Waals surface area contributed by atoms with E-state index in [4.69, 9.17) is 4.99 Å². The lowest BCUT2D eigenvalue weighted by molar-refractivity contribution is -0.122. The Bertz CT molecular complexity index is 954. The van der Waals surface area contributed by atoms with Crippen molar-refractivity contribution in [1.29, 1.82) is 0 Å². The lowest BCUT2D eigenvalue weighted by atomic mass is 10.1. The second kappa shape index (κ2) is 6.95. The molecule has 27 heavy (non-hydrogen) atoms. The molecule has 1 saturated carbocycles. The molecule has 4 rings (SSSR count). The second-order valence-corrected chi connectivity index (χ2v) is 6.97. The molecule has 1 atom stereocenters. The van der Waals surface area contributed by atoms with E-state index in [0.29, 0.717) is 16.9 Å². The summed E-state index contributed by atoms with van der Waals surface area (Å²) in [6.45, 7) is 1.62. The number of anilines is 2. The van der Waals surface area contributed by atoms with Crippen molar-refractivity contribution in [3.8, 4) is 0 Å². The fourth-order valence-corrected chi connectivity index (χ4v) is 3.74. The van der Waals surface area contributed by atoms with Crippen LogP contribution in [0, 0.1) is 18.7 Å². The summed E-state index contributed by atoms with van der Waals surface area (Å²) in [5.74, 6) is -1.01. The third-order valence-corrected chi connectivity index (χ3v) is 5.09. The smallest absolute Gasteiger partial charge is 0.244 e. The van der Waals surface area contributed by atoms with Crippen molar-refractivity contribution < 1.29 is 14.0 Å². The van der Waals surface area contributed by atoms with Crippen molar-refractivity contribution >= 4 is 34.6 Å². The first-order valence-corrected chi connectivity index (χ1v) is 9.07. The number of aryl methyl sites for hydroxylation is 1. The van der Waals surface area contributed by atoms with Gasteiger partial charge in [0.15, 0.2) is 0 Å². The van der Waals surface area contributed by atoms with Crippen molar-refractivity contribution in [3.63, 3.8) is 0 Å². The highest BCUT2D eigenvalue weighted by Gasteiger charge is 2.37. The molecule has 0 saturated heterocycles. The van der Waals surface area contributed by atoms with E-state index in [0.717, 1.165) is 30.7 Å². The van der Waals surface area contributed by atoms with Gasteiger partial charge in [-0.2, -0.15) is 0 Å². The van der Waals surface area contributed by atoms with Crippen LogP contribution in [0.15, 0.2) is 47.5 Å². The Labute approximate surface area is 156 Å². The zero-order chi connectivity index (χ0) is 19.0. The van der Waals surface area contributed by atoms with Gasteiger partial charge in [0, 0.05) is 11.4 Å².